The average Bonchev–Trinajstić information content (AvgIpc) is 2.39. The van der Waals surface area contributed by atoms with Crippen LogP contribution in [0.1, 0.15) is 30.1 Å². The molecule has 1 aromatic rings. The van der Waals surface area contributed by atoms with Crippen LogP contribution in [0, 0.1) is 5.82 Å². The van der Waals surface area contributed by atoms with E-state index in [0.717, 1.165) is 0 Å². The highest BCUT2D eigenvalue weighted by molar-refractivity contribution is 9.10. The molecule has 1 fully saturated rings. The molecule has 0 spiro atoms. The molecule has 0 aromatic heterocycles. The SMILES string of the molecule is CCN(CC(=O)O)C1CC(NC(=O)c2ccc(Br)cc2F)C1. The third-order valence-electron chi connectivity index (χ3n) is 3.89. The standard InChI is InChI=1S/C15H18BrFN2O3/c1-2-19(8-14(20)21)11-6-10(7-11)18-15(22)12-4-3-9(16)5-13(12)17/h3-5,10-11H,2,6-8H2,1H3,(H,18,22)(H,20,21). The number of halogens is 2. The lowest BCUT2D eigenvalue weighted by molar-refractivity contribution is -0.139. The number of hydrogen-bond acceptors (Lipinski definition) is 3. The number of likely N-dealkylation sites (N-methyl/N-ethyl adjacent to an activating group) is 1. The first-order valence-electron chi connectivity index (χ1n) is 7.12. The summed E-state index contributed by atoms with van der Waals surface area (Å²) >= 11 is 3.15. The molecular formula is C15H18BrFN2O3. The highest BCUT2D eigenvalue weighted by Crippen LogP contribution is 2.26. The fraction of sp³-hybridized carbons (Fsp3) is 0.467. The fourth-order valence-electron chi connectivity index (χ4n) is 2.61. The van der Waals surface area contributed by atoms with E-state index in [9.17, 15) is 14.0 Å². The second kappa shape index (κ2) is 7.19. The lowest BCUT2D eigenvalue weighted by atomic mass is 9.85. The molecule has 2 rings (SSSR count). The minimum Gasteiger partial charge on any atom is -0.480 e. The normalized spacial score (nSPS) is 20.5. The zero-order chi connectivity index (χ0) is 16.3. The highest BCUT2D eigenvalue weighted by atomic mass is 79.9. The molecule has 1 aromatic carbocycles. The predicted octanol–water partition coefficient (Wildman–Crippen LogP) is 2.26. The van der Waals surface area contributed by atoms with Gasteiger partial charge in [0.1, 0.15) is 5.82 Å². The van der Waals surface area contributed by atoms with Crippen LogP contribution in [0.5, 0.6) is 0 Å². The van der Waals surface area contributed by atoms with E-state index < -0.39 is 17.7 Å². The Kier molecular flexibility index (Phi) is 5.52. The maximum atomic E-state index is 13.7. The lowest BCUT2D eigenvalue weighted by Crippen LogP contribution is -2.54. The molecule has 0 radical (unpaired) electrons. The molecule has 7 heteroatoms. The fourth-order valence-corrected chi connectivity index (χ4v) is 2.95. The van der Waals surface area contributed by atoms with Crippen LogP contribution >= 0.6 is 15.9 Å². The molecule has 0 unspecified atom stereocenters. The average molecular weight is 373 g/mol. The number of amides is 1. The Morgan fingerprint density at radius 2 is 2.14 bits per heavy atom. The van der Waals surface area contributed by atoms with Crippen molar-refractivity contribution in [3.8, 4) is 0 Å². The molecule has 0 heterocycles. The molecule has 22 heavy (non-hydrogen) atoms. The Morgan fingerprint density at radius 1 is 1.45 bits per heavy atom. The van der Waals surface area contributed by atoms with E-state index in [4.69, 9.17) is 5.11 Å². The number of rotatable bonds is 6. The van der Waals surface area contributed by atoms with Gasteiger partial charge in [-0.05, 0) is 37.6 Å². The summed E-state index contributed by atoms with van der Waals surface area (Å²) in [7, 11) is 0. The van der Waals surface area contributed by atoms with Gasteiger partial charge in [0.25, 0.3) is 5.91 Å². The summed E-state index contributed by atoms with van der Waals surface area (Å²) in [5.74, 6) is -1.86. The van der Waals surface area contributed by atoms with E-state index in [1.807, 2.05) is 11.8 Å². The van der Waals surface area contributed by atoms with Crippen LogP contribution in [0.15, 0.2) is 22.7 Å². The van der Waals surface area contributed by atoms with Gasteiger partial charge in [-0.3, -0.25) is 14.5 Å². The van der Waals surface area contributed by atoms with Crippen LogP contribution in [-0.2, 0) is 4.79 Å². The Morgan fingerprint density at radius 3 is 2.68 bits per heavy atom. The number of nitrogens with zero attached hydrogens (tertiary/aromatic N) is 1. The van der Waals surface area contributed by atoms with Crippen LogP contribution in [-0.4, -0.2) is 47.1 Å². The maximum Gasteiger partial charge on any atom is 0.317 e. The Balaban J connectivity index is 1.86. The summed E-state index contributed by atoms with van der Waals surface area (Å²) in [5, 5.41) is 11.6. The first-order chi connectivity index (χ1) is 10.4. The van der Waals surface area contributed by atoms with E-state index in [0.29, 0.717) is 23.9 Å². The second-order valence-corrected chi connectivity index (χ2v) is 6.29. The van der Waals surface area contributed by atoms with Gasteiger partial charge in [0.2, 0.25) is 0 Å². The summed E-state index contributed by atoms with van der Waals surface area (Å²) in [4.78, 5) is 24.7. The number of carbonyl (C=O) groups is 2. The number of carbonyl (C=O) groups excluding carboxylic acids is 1. The van der Waals surface area contributed by atoms with Gasteiger partial charge in [-0.15, -0.1) is 0 Å². The third kappa shape index (κ3) is 4.04. The molecule has 0 aliphatic heterocycles. The van der Waals surface area contributed by atoms with Gasteiger partial charge < -0.3 is 10.4 Å². The molecule has 120 valence electrons. The maximum absolute atomic E-state index is 13.7. The lowest BCUT2D eigenvalue weighted by Gasteiger charge is -2.42. The quantitative estimate of drug-likeness (QED) is 0.803. The van der Waals surface area contributed by atoms with Crippen molar-refractivity contribution in [3.05, 3.63) is 34.1 Å². The summed E-state index contributed by atoms with van der Waals surface area (Å²) in [6.45, 7) is 2.56. The number of aliphatic carboxylic acids is 1. The van der Waals surface area contributed by atoms with Gasteiger partial charge in [0.05, 0.1) is 12.1 Å². The van der Waals surface area contributed by atoms with Gasteiger partial charge in [0, 0.05) is 16.6 Å². The smallest absolute Gasteiger partial charge is 0.317 e. The van der Waals surface area contributed by atoms with Crippen LogP contribution in [0.2, 0.25) is 0 Å². The molecule has 1 aliphatic rings. The third-order valence-corrected chi connectivity index (χ3v) is 4.38. The topological polar surface area (TPSA) is 69.6 Å². The van der Waals surface area contributed by atoms with Crippen molar-refractivity contribution in [3.63, 3.8) is 0 Å². The van der Waals surface area contributed by atoms with Crippen molar-refractivity contribution < 1.29 is 19.1 Å². The molecule has 1 saturated carbocycles. The van der Waals surface area contributed by atoms with E-state index in [1.54, 1.807) is 6.07 Å². The van der Waals surface area contributed by atoms with Crippen molar-refractivity contribution in [1.29, 1.82) is 0 Å². The number of carboxylic acids is 1. The summed E-state index contributed by atoms with van der Waals surface area (Å²) in [5.41, 5.74) is 0.0181. The van der Waals surface area contributed by atoms with Crippen molar-refractivity contribution >= 4 is 27.8 Å². The van der Waals surface area contributed by atoms with Crippen molar-refractivity contribution in [2.75, 3.05) is 13.1 Å². The first-order valence-corrected chi connectivity index (χ1v) is 7.91. The zero-order valence-corrected chi connectivity index (χ0v) is 13.8. The summed E-state index contributed by atoms with van der Waals surface area (Å²) in [6, 6.07) is 4.43. The molecular weight excluding hydrogens is 355 g/mol. The molecule has 5 nitrogen and oxygen atoms in total. The van der Waals surface area contributed by atoms with Crippen LogP contribution in [0.4, 0.5) is 4.39 Å². The molecule has 0 bridgehead atoms. The van der Waals surface area contributed by atoms with E-state index in [1.165, 1.54) is 12.1 Å². The number of nitrogens with one attached hydrogen (secondary N) is 1. The molecule has 0 saturated heterocycles. The van der Waals surface area contributed by atoms with Crippen LogP contribution in [0.3, 0.4) is 0 Å². The van der Waals surface area contributed by atoms with Crippen molar-refractivity contribution in [2.45, 2.75) is 31.8 Å². The van der Waals surface area contributed by atoms with E-state index >= 15 is 0 Å². The predicted molar refractivity (Wildman–Crippen MR) is 83.3 cm³/mol. The molecule has 0 atom stereocenters. The van der Waals surface area contributed by atoms with Gasteiger partial charge in [-0.1, -0.05) is 22.9 Å². The number of benzene rings is 1. The summed E-state index contributed by atoms with van der Waals surface area (Å²) < 4.78 is 14.3. The number of carboxylic acid groups (broad SMARTS) is 1. The Bertz CT molecular complexity index is 576. The Labute approximate surface area is 136 Å². The zero-order valence-electron chi connectivity index (χ0n) is 12.2. The summed E-state index contributed by atoms with van der Waals surface area (Å²) in [6.07, 6.45) is 1.37. The Hall–Kier alpha value is -1.47. The van der Waals surface area contributed by atoms with Crippen LogP contribution < -0.4 is 5.32 Å². The monoisotopic (exact) mass is 372 g/mol. The number of hydrogen-bond donors (Lipinski definition) is 2. The highest BCUT2D eigenvalue weighted by Gasteiger charge is 2.35. The first kappa shape index (κ1) is 16.9. The molecule has 1 aliphatic carbocycles. The van der Waals surface area contributed by atoms with Gasteiger partial charge in [-0.25, -0.2) is 4.39 Å². The molecule has 2 N–H and O–H groups in total. The van der Waals surface area contributed by atoms with Crippen LogP contribution in [0.25, 0.3) is 0 Å². The van der Waals surface area contributed by atoms with Crippen molar-refractivity contribution in [2.24, 2.45) is 0 Å². The van der Waals surface area contributed by atoms with Gasteiger partial charge in [-0.2, -0.15) is 0 Å². The minimum atomic E-state index is -0.855. The van der Waals surface area contributed by atoms with Crippen molar-refractivity contribution in [1.82, 2.24) is 10.2 Å². The largest absolute Gasteiger partial charge is 0.480 e. The molecule has 1 amide bonds. The second-order valence-electron chi connectivity index (χ2n) is 5.38. The van der Waals surface area contributed by atoms with Gasteiger partial charge in [0.15, 0.2) is 0 Å². The minimum absolute atomic E-state index is 0.00315. The van der Waals surface area contributed by atoms with E-state index in [2.05, 4.69) is 21.2 Å². The van der Waals surface area contributed by atoms with Gasteiger partial charge >= 0.3 is 5.97 Å². The van der Waals surface area contributed by atoms with E-state index in [-0.39, 0.29) is 24.2 Å².